The molecule has 1 saturated heterocycles. The van der Waals surface area contributed by atoms with Gasteiger partial charge in [0.25, 0.3) is 0 Å². The minimum Gasteiger partial charge on any atom is -0.489 e. The summed E-state index contributed by atoms with van der Waals surface area (Å²) >= 11 is 1.08. The first-order valence-electron chi connectivity index (χ1n) is 12.0. The first kappa shape index (κ1) is 22.0. The number of ether oxygens (including phenoxy) is 1. The van der Waals surface area contributed by atoms with Crippen LogP contribution in [0.3, 0.4) is 0 Å². The summed E-state index contributed by atoms with van der Waals surface area (Å²) in [6, 6.07) is 9.06. The number of aromatic nitrogens is 7. The third-order valence-electron chi connectivity index (χ3n) is 6.50. The smallest absolute Gasteiger partial charge is 0.176 e. The van der Waals surface area contributed by atoms with E-state index >= 15 is 0 Å². The molecule has 9 nitrogen and oxygen atoms in total. The first-order valence-corrected chi connectivity index (χ1v) is 12.8. The molecule has 0 aromatic carbocycles. The molecule has 1 aliphatic heterocycles. The van der Waals surface area contributed by atoms with Crippen molar-refractivity contribution in [3.8, 4) is 38.8 Å². The molecule has 0 saturated carbocycles. The molecule has 37 heavy (non-hydrogen) atoms. The number of nitrogens with one attached hydrogen (secondary N) is 3. The highest BCUT2D eigenvalue weighted by Gasteiger charge is 2.19. The van der Waals surface area contributed by atoms with Gasteiger partial charge in [0.2, 0.25) is 0 Å². The topological polar surface area (TPSA) is 117 Å². The molecule has 1 fully saturated rings. The second-order valence-corrected chi connectivity index (χ2v) is 9.95. The number of aromatic amines is 2. The summed E-state index contributed by atoms with van der Waals surface area (Å²) in [5.74, 6) is 1.30. The van der Waals surface area contributed by atoms with E-state index in [1.807, 2.05) is 18.2 Å². The van der Waals surface area contributed by atoms with E-state index < -0.39 is 0 Å². The second-order valence-electron chi connectivity index (χ2n) is 8.91. The Bertz CT molecular complexity index is 1740. The Balaban J connectivity index is 1.26. The summed E-state index contributed by atoms with van der Waals surface area (Å²) in [5, 5.41) is 11.4. The summed E-state index contributed by atoms with van der Waals surface area (Å²) in [5.41, 5.74) is 5.14. The molecule has 11 heteroatoms. The van der Waals surface area contributed by atoms with E-state index in [2.05, 4.69) is 35.5 Å². The summed E-state index contributed by atoms with van der Waals surface area (Å²) in [6.07, 6.45) is 9.17. The Morgan fingerprint density at radius 2 is 1.86 bits per heavy atom. The van der Waals surface area contributed by atoms with Crippen LogP contribution in [0.4, 0.5) is 4.39 Å². The normalized spacial score (nSPS) is 14.5. The van der Waals surface area contributed by atoms with Gasteiger partial charge in [-0.3, -0.25) is 10.1 Å². The molecule has 0 radical (unpaired) electrons. The SMILES string of the molecule is Fc1ccc(-c2ccnc3[nH]c(-c4n[nH]c5ncc(-c6cncc(OC7CCNCC7)c6)cc45)nc23)s1. The van der Waals surface area contributed by atoms with E-state index in [9.17, 15) is 4.39 Å². The predicted molar refractivity (Wildman–Crippen MR) is 140 cm³/mol. The van der Waals surface area contributed by atoms with E-state index in [0.29, 0.717) is 28.3 Å². The molecule has 6 aromatic heterocycles. The second kappa shape index (κ2) is 9.02. The van der Waals surface area contributed by atoms with Crippen LogP contribution in [0.1, 0.15) is 12.8 Å². The number of hydrogen-bond donors (Lipinski definition) is 3. The minimum atomic E-state index is -0.243. The lowest BCUT2D eigenvalue weighted by Crippen LogP contribution is -2.34. The standard InChI is InChI=1S/C26H21FN8OS/c27-21-2-1-20(37-21)18-5-8-30-25-22(18)32-26(33-25)23-19-10-15(12-31-24(19)35-34-23)14-9-17(13-29-11-14)36-16-3-6-28-7-4-16/h1-2,5,8-13,16,28H,3-4,6-7H2,(H,30,32,33)(H,31,34,35). The molecular weight excluding hydrogens is 491 g/mol. The molecule has 0 unspecified atom stereocenters. The maximum Gasteiger partial charge on any atom is 0.176 e. The van der Waals surface area contributed by atoms with Gasteiger partial charge >= 0.3 is 0 Å². The highest BCUT2D eigenvalue weighted by atomic mass is 32.1. The molecule has 3 N–H and O–H groups in total. The molecule has 7 rings (SSSR count). The Hall–Kier alpha value is -4.22. The van der Waals surface area contributed by atoms with Crippen molar-refractivity contribution in [1.29, 1.82) is 0 Å². The van der Waals surface area contributed by atoms with Crippen molar-refractivity contribution in [3.05, 3.63) is 60.3 Å². The fourth-order valence-corrected chi connectivity index (χ4v) is 5.43. The third-order valence-corrected chi connectivity index (χ3v) is 7.41. The number of thiophene rings is 1. The van der Waals surface area contributed by atoms with Gasteiger partial charge in [0.15, 0.2) is 22.2 Å². The maximum atomic E-state index is 13.7. The van der Waals surface area contributed by atoms with Crippen molar-refractivity contribution in [2.45, 2.75) is 18.9 Å². The number of pyridine rings is 3. The molecule has 184 valence electrons. The average molecular weight is 513 g/mol. The van der Waals surface area contributed by atoms with Gasteiger partial charge in [-0.2, -0.15) is 9.49 Å². The van der Waals surface area contributed by atoms with Gasteiger partial charge in [0.05, 0.1) is 11.6 Å². The van der Waals surface area contributed by atoms with Crippen LogP contribution in [0.25, 0.3) is 55.3 Å². The largest absolute Gasteiger partial charge is 0.489 e. The number of imidazole rings is 1. The third kappa shape index (κ3) is 4.11. The zero-order valence-electron chi connectivity index (χ0n) is 19.5. The fourth-order valence-electron chi connectivity index (χ4n) is 4.67. The van der Waals surface area contributed by atoms with Crippen LogP contribution in [-0.2, 0) is 0 Å². The van der Waals surface area contributed by atoms with Crippen LogP contribution in [0, 0.1) is 5.13 Å². The number of halogens is 1. The lowest BCUT2D eigenvalue weighted by atomic mass is 10.1. The Labute approximate surface area is 214 Å². The van der Waals surface area contributed by atoms with Crippen LogP contribution in [0.15, 0.2) is 55.1 Å². The lowest BCUT2D eigenvalue weighted by Gasteiger charge is -2.23. The van der Waals surface area contributed by atoms with E-state index in [1.165, 1.54) is 6.07 Å². The summed E-state index contributed by atoms with van der Waals surface area (Å²) in [4.78, 5) is 22.2. The fraction of sp³-hybridized carbons (Fsp3) is 0.192. The quantitative estimate of drug-likeness (QED) is 0.299. The molecule has 0 spiro atoms. The Kier molecular flexibility index (Phi) is 5.37. The van der Waals surface area contributed by atoms with Crippen molar-refractivity contribution in [1.82, 2.24) is 40.4 Å². The maximum absolute atomic E-state index is 13.7. The molecule has 0 aliphatic carbocycles. The molecule has 1 aliphatic rings. The van der Waals surface area contributed by atoms with Crippen LogP contribution in [-0.4, -0.2) is 54.3 Å². The molecule has 7 heterocycles. The van der Waals surface area contributed by atoms with Gasteiger partial charge < -0.3 is 15.0 Å². The number of hydrogen-bond acceptors (Lipinski definition) is 8. The van der Waals surface area contributed by atoms with Crippen LogP contribution in [0.5, 0.6) is 5.75 Å². The highest BCUT2D eigenvalue weighted by Crippen LogP contribution is 2.34. The van der Waals surface area contributed by atoms with Gasteiger partial charge in [-0.25, -0.2) is 15.0 Å². The molecule has 6 aromatic rings. The van der Waals surface area contributed by atoms with Crippen molar-refractivity contribution < 1.29 is 9.13 Å². The van der Waals surface area contributed by atoms with Crippen LogP contribution < -0.4 is 10.1 Å². The van der Waals surface area contributed by atoms with E-state index in [-0.39, 0.29) is 11.2 Å². The van der Waals surface area contributed by atoms with E-state index in [4.69, 9.17) is 9.72 Å². The minimum absolute atomic E-state index is 0.191. The van der Waals surface area contributed by atoms with Gasteiger partial charge in [0, 0.05) is 40.2 Å². The Morgan fingerprint density at radius 3 is 2.73 bits per heavy atom. The van der Waals surface area contributed by atoms with Crippen molar-refractivity contribution in [2.75, 3.05) is 13.1 Å². The zero-order chi connectivity index (χ0) is 24.8. The summed E-state index contributed by atoms with van der Waals surface area (Å²) < 4.78 is 19.9. The number of piperidine rings is 1. The van der Waals surface area contributed by atoms with Gasteiger partial charge in [-0.1, -0.05) is 0 Å². The molecule has 0 atom stereocenters. The lowest BCUT2D eigenvalue weighted by molar-refractivity contribution is 0.162. The number of fused-ring (bicyclic) bond motifs is 2. The van der Waals surface area contributed by atoms with E-state index in [1.54, 1.807) is 30.9 Å². The number of rotatable bonds is 5. The average Bonchev–Trinajstić information content (AvgIpc) is 3.66. The molecule has 0 bridgehead atoms. The predicted octanol–water partition coefficient (Wildman–Crippen LogP) is 4.96. The summed E-state index contributed by atoms with van der Waals surface area (Å²) in [7, 11) is 0. The van der Waals surface area contributed by atoms with Gasteiger partial charge in [-0.05, 0) is 56.3 Å². The van der Waals surface area contributed by atoms with E-state index in [0.717, 1.165) is 70.0 Å². The highest BCUT2D eigenvalue weighted by molar-refractivity contribution is 7.14. The molecule has 0 amide bonds. The van der Waals surface area contributed by atoms with Crippen molar-refractivity contribution in [3.63, 3.8) is 0 Å². The number of nitrogens with zero attached hydrogens (tertiary/aromatic N) is 5. The van der Waals surface area contributed by atoms with Crippen molar-refractivity contribution >= 4 is 33.5 Å². The summed E-state index contributed by atoms with van der Waals surface area (Å²) in [6.45, 7) is 1.93. The molecular formula is C26H21FN8OS. The van der Waals surface area contributed by atoms with Gasteiger partial charge in [0.1, 0.15) is 23.1 Å². The van der Waals surface area contributed by atoms with Gasteiger partial charge in [-0.15, -0.1) is 11.3 Å². The first-order chi connectivity index (χ1) is 18.2. The number of H-pyrrole nitrogens is 2. The van der Waals surface area contributed by atoms with Crippen LogP contribution in [0.2, 0.25) is 0 Å². The van der Waals surface area contributed by atoms with Crippen LogP contribution >= 0.6 is 11.3 Å². The zero-order valence-corrected chi connectivity index (χ0v) is 20.3. The Morgan fingerprint density at radius 1 is 0.973 bits per heavy atom. The van der Waals surface area contributed by atoms with Crippen molar-refractivity contribution in [2.24, 2.45) is 0 Å². The monoisotopic (exact) mass is 512 g/mol.